The SMILES string of the molecule is CC(C)OC(=O)[C@H](C)NP(=O)(OC[C@H]1OC(n2ccc(N)nc2=O)[C@](C)(O)[C@@H]1O)Oc1ccc(Cl)cc1. The summed E-state index contributed by atoms with van der Waals surface area (Å²) in [5, 5.41) is 24.5. The Hall–Kier alpha value is -2.51. The molecule has 1 saturated heterocycles. The van der Waals surface area contributed by atoms with E-state index in [1.807, 2.05) is 0 Å². The summed E-state index contributed by atoms with van der Waals surface area (Å²) in [4.78, 5) is 28.2. The Kier molecular flexibility index (Phi) is 9.01. The van der Waals surface area contributed by atoms with Crippen molar-refractivity contribution in [3.8, 4) is 5.75 Å². The number of anilines is 1. The maximum Gasteiger partial charge on any atom is 0.459 e. The lowest BCUT2D eigenvalue weighted by molar-refractivity contribution is -0.149. The highest BCUT2D eigenvalue weighted by Crippen LogP contribution is 2.47. The lowest BCUT2D eigenvalue weighted by atomic mass is 9.96. The van der Waals surface area contributed by atoms with Crippen LogP contribution in [-0.4, -0.2) is 62.3 Å². The minimum Gasteiger partial charge on any atom is -0.462 e. The van der Waals surface area contributed by atoms with Crippen LogP contribution < -0.4 is 21.0 Å². The van der Waals surface area contributed by atoms with Gasteiger partial charge in [0, 0.05) is 11.2 Å². The summed E-state index contributed by atoms with van der Waals surface area (Å²) in [6, 6.07) is 6.11. The molecule has 0 amide bonds. The van der Waals surface area contributed by atoms with Crippen LogP contribution in [0.1, 0.15) is 33.9 Å². The van der Waals surface area contributed by atoms with Crippen LogP contribution in [0.5, 0.6) is 5.75 Å². The molecule has 204 valence electrons. The standard InChI is InChI=1S/C22H30ClN4O9P/c1-12(2)34-19(29)13(3)26-37(32,36-15-7-5-14(23)6-8-15)33-11-16-18(28)22(4,31)20(35-16)27-10-9-17(24)25-21(27)30/h5-10,12-13,16,18,20,28,31H,11H2,1-4H3,(H,26,32)(H2,24,25,30)/t13-,16+,18+,20?,22+,37?/m0/s1. The van der Waals surface area contributed by atoms with Crippen LogP contribution in [0.4, 0.5) is 5.82 Å². The number of ether oxygens (including phenoxy) is 2. The maximum absolute atomic E-state index is 13.7. The molecule has 2 aromatic rings. The number of aliphatic hydroxyl groups excluding tert-OH is 1. The molecule has 15 heteroatoms. The zero-order valence-electron chi connectivity index (χ0n) is 20.6. The molecular formula is C22H30ClN4O9P. The van der Waals surface area contributed by atoms with Crippen molar-refractivity contribution < 1.29 is 38.1 Å². The normalized spacial score (nSPS) is 26.0. The van der Waals surface area contributed by atoms with Crippen molar-refractivity contribution in [2.45, 2.75) is 63.9 Å². The summed E-state index contributed by atoms with van der Waals surface area (Å²) >= 11 is 5.89. The van der Waals surface area contributed by atoms with E-state index in [4.69, 9.17) is 35.9 Å². The van der Waals surface area contributed by atoms with Crippen molar-refractivity contribution >= 4 is 31.1 Å². The van der Waals surface area contributed by atoms with E-state index >= 15 is 0 Å². The third-order valence-electron chi connectivity index (χ3n) is 5.36. The van der Waals surface area contributed by atoms with E-state index in [9.17, 15) is 24.4 Å². The number of aliphatic hydroxyl groups is 2. The van der Waals surface area contributed by atoms with Crippen LogP contribution in [-0.2, 0) is 23.4 Å². The van der Waals surface area contributed by atoms with E-state index < -0.39 is 62.2 Å². The second kappa shape index (κ2) is 11.5. The molecule has 2 heterocycles. The Labute approximate surface area is 218 Å². The van der Waals surface area contributed by atoms with Crippen LogP contribution >= 0.6 is 19.3 Å². The van der Waals surface area contributed by atoms with Gasteiger partial charge in [-0.05, 0) is 58.0 Å². The number of rotatable bonds is 10. The molecule has 37 heavy (non-hydrogen) atoms. The number of benzene rings is 1. The topological polar surface area (TPSA) is 184 Å². The number of hydrogen-bond donors (Lipinski definition) is 4. The number of carbonyl (C=O) groups is 1. The first-order valence-electron chi connectivity index (χ1n) is 11.3. The second-order valence-electron chi connectivity index (χ2n) is 8.91. The molecule has 0 aliphatic carbocycles. The van der Waals surface area contributed by atoms with Gasteiger partial charge >= 0.3 is 19.4 Å². The average molecular weight is 561 g/mol. The zero-order chi connectivity index (χ0) is 27.5. The summed E-state index contributed by atoms with van der Waals surface area (Å²) < 4.78 is 36.5. The van der Waals surface area contributed by atoms with E-state index in [2.05, 4.69) is 10.1 Å². The molecule has 1 aromatic heterocycles. The first-order chi connectivity index (χ1) is 17.2. The molecule has 0 saturated carbocycles. The van der Waals surface area contributed by atoms with Gasteiger partial charge in [-0.25, -0.2) is 9.36 Å². The Morgan fingerprint density at radius 1 is 1.32 bits per heavy atom. The molecule has 0 spiro atoms. The van der Waals surface area contributed by atoms with Crippen LogP contribution in [0.15, 0.2) is 41.3 Å². The number of nitrogens with zero attached hydrogens (tertiary/aromatic N) is 2. The van der Waals surface area contributed by atoms with Crippen molar-refractivity contribution in [3.05, 3.63) is 52.0 Å². The summed E-state index contributed by atoms with van der Waals surface area (Å²) in [6.07, 6.45) is -3.35. The van der Waals surface area contributed by atoms with E-state index in [0.29, 0.717) is 5.02 Å². The fraction of sp³-hybridized carbons (Fsp3) is 0.500. The second-order valence-corrected chi connectivity index (χ2v) is 11.0. The first-order valence-corrected chi connectivity index (χ1v) is 13.2. The van der Waals surface area contributed by atoms with Gasteiger partial charge in [0.25, 0.3) is 0 Å². The Bertz CT molecular complexity index is 1210. The predicted octanol–water partition coefficient (Wildman–Crippen LogP) is 1.62. The molecule has 1 aromatic carbocycles. The maximum atomic E-state index is 13.7. The smallest absolute Gasteiger partial charge is 0.459 e. The molecule has 1 fully saturated rings. The molecule has 1 aliphatic rings. The van der Waals surface area contributed by atoms with Gasteiger partial charge in [0.05, 0.1) is 12.7 Å². The van der Waals surface area contributed by atoms with Crippen molar-refractivity contribution in [2.75, 3.05) is 12.3 Å². The largest absolute Gasteiger partial charge is 0.462 e. The van der Waals surface area contributed by atoms with Gasteiger partial charge in [0.15, 0.2) is 6.23 Å². The Morgan fingerprint density at radius 3 is 2.57 bits per heavy atom. The van der Waals surface area contributed by atoms with Crippen molar-refractivity contribution in [2.24, 2.45) is 0 Å². The molecule has 5 N–H and O–H groups in total. The molecular weight excluding hydrogens is 531 g/mol. The minimum absolute atomic E-state index is 0.0317. The highest BCUT2D eigenvalue weighted by atomic mass is 35.5. The van der Waals surface area contributed by atoms with Crippen LogP contribution in [0.3, 0.4) is 0 Å². The van der Waals surface area contributed by atoms with E-state index in [-0.39, 0.29) is 11.6 Å². The van der Waals surface area contributed by atoms with Gasteiger partial charge in [0.1, 0.15) is 35.4 Å². The number of hydrogen-bond acceptors (Lipinski definition) is 11. The van der Waals surface area contributed by atoms with E-state index in [1.54, 1.807) is 13.8 Å². The summed E-state index contributed by atoms with van der Waals surface area (Å²) in [5.41, 5.74) is 2.74. The van der Waals surface area contributed by atoms with Gasteiger partial charge < -0.3 is 29.9 Å². The lowest BCUT2D eigenvalue weighted by Crippen LogP contribution is -2.46. The molecule has 0 radical (unpaired) electrons. The number of halogens is 1. The van der Waals surface area contributed by atoms with Gasteiger partial charge in [-0.2, -0.15) is 10.1 Å². The molecule has 2 unspecified atom stereocenters. The van der Waals surface area contributed by atoms with Crippen LogP contribution in [0, 0.1) is 0 Å². The monoisotopic (exact) mass is 560 g/mol. The number of aromatic nitrogens is 2. The van der Waals surface area contributed by atoms with E-state index in [0.717, 1.165) is 4.57 Å². The lowest BCUT2D eigenvalue weighted by Gasteiger charge is -2.27. The number of nitrogens with two attached hydrogens (primary N) is 1. The van der Waals surface area contributed by atoms with Gasteiger partial charge in [-0.1, -0.05) is 11.6 Å². The van der Waals surface area contributed by atoms with Crippen molar-refractivity contribution in [1.82, 2.24) is 14.6 Å². The zero-order valence-corrected chi connectivity index (χ0v) is 22.3. The number of esters is 1. The Balaban J connectivity index is 1.80. The molecule has 13 nitrogen and oxygen atoms in total. The molecule has 6 atom stereocenters. The number of nitrogen functional groups attached to an aromatic ring is 1. The third kappa shape index (κ3) is 7.08. The number of carbonyl (C=O) groups excluding carboxylic acids is 1. The van der Waals surface area contributed by atoms with Gasteiger partial charge in [0.2, 0.25) is 0 Å². The molecule has 1 aliphatic heterocycles. The van der Waals surface area contributed by atoms with Gasteiger partial charge in [-0.15, -0.1) is 0 Å². The highest BCUT2D eigenvalue weighted by Gasteiger charge is 2.54. The number of nitrogens with one attached hydrogen (secondary N) is 1. The van der Waals surface area contributed by atoms with Gasteiger partial charge in [-0.3, -0.25) is 13.9 Å². The third-order valence-corrected chi connectivity index (χ3v) is 7.26. The fourth-order valence-electron chi connectivity index (χ4n) is 3.50. The molecule has 0 bridgehead atoms. The van der Waals surface area contributed by atoms with E-state index in [1.165, 1.54) is 50.4 Å². The minimum atomic E-state index is -4.30. The van der Waals surface area contributed by atoms with Crippen LogP contribution in [0.25, 0.3) is 0 Å². The highest BCUT2D eigenvalue weighted by molar-refractivity contribution is 7.52. The van der Waals surface area contributed by atoms with Crippen LogP contribution in [0.2, 0.25) is 5.02 Å². The van der Waals surface area contributed by atoms with Crippen molar-refractivity contribution in [1.29, 1.82) is 0 Å². The summed E-state index contributed by atoms with van der Waals surface area (Å²) in [7, 11) is -4.30. The summed E-state index contributed by atoms with van der Waals surface area (Å²) in [5.74, 6) is -0.619. The first kappa shape index (κ1) is 29.1. The molecule has 3 rings (SSSR count). The Morgan fingerprint density at radius 2 is 1.97 bits per heavy atom. The summed E-state index contributed by atoms with van der Waals surface area (Å²) in [6.45, 7) is 5.43. The predicted molar refractivity (Wildman–Crippen MR) is 133 cm³/mol. The van der Waals surface area contributed by atoms with Crippen molar-refractivity contribution in [3.63, 3.8) is 0 Å². The average Bonchev–Trinajstić information content (AvgIpc) is 3.02. The quantitative estimate of drug-likeness (QED) is 0.243. The fourth-order valence-corrected chi connectivity index (χ4v) is 5.13.